The highest BCUT2D eigenvalue weighted by Crippen LogP contribution is 2.29. The largest absolute Gasteiger partial charge is 0.506 e. The van der Waals surface area contributed by atoms with Crippen molar-refractivity contribution in [3.8, 4) is 11.4 Å². The van der Waals surface area contributed by atoms with Crippen LogP contribution in [0.5, 0.6) is 5.75 Å². The van der Waals surface area contributed by atoms with Crippen LogP contribution >= 0.6 is 0 Å². The van der Waals surface area contributed by atoms with Crippen molar-refractivity contribution in [2.24, 2.45) is 0 Å². The lowest BCUT2D eigenvalue weighted by atomic mass is 10.1. The van der Waals surface area contributed by atoms with Crippen molar-refractivity contribution in [2.75, 3.05) is 0 Å². The van der Waals surface area contributed by atoms with Gasteiger partial charge in [0.1, 0.15) is 17.0 Å². The fourth-order valence-corrected chi connectivity index (χ4v) is 2.05. The number of quaternary nitrogens is 1. The molecule has 0 unspecified atom stereocenters. The van der Waals surface area contributed by atoms with Crippen LogP contribution in [0.3, 0.4) is 0 Å². The van der Waals surface area contributed by atoms with E-state index in [-0.39, 0.29) is 11.3 Å². The molecule has 5 nitrogen and oxygen atoms in total. The summed E-state index contributed by atoms with van der Waals surface area (Å²) < 4.78 is 1.81. The van der Waals surface area contributed by atoms with Crippen molar-refractivity contribution in [1.29, 1.82) is 0 Å². The molecule has 0 amide bonds. The van der Waals surface area contributed by atoms with E-state index in [4.69, 9.17) is 5.11 Å². The molecule has 5 N–H and O–H groups in total. The average molecular weight is 247 g/mol. The minimum absolute atomic E-state index is 0.0207. The van der Waals surface area contributed by atoms with Gasteiger partial charge in [-0.3, -0.25) is 0 Å². The molecule has 0 saturated heterocycles. The monoisotopic (exact) mass is 247 g/mol. The Labute approximate surface area is 104 Å². The number of hydrogen-bond acceptors (Lipinski definition) is 2. The number of carboxylic acid groups (broad SMARTS) is 1. The number of rotatable bonds is 2. The van der Waals surface area contributed by atoms with E-state index in [2.05, 4.69) is 5.73 Å². The van der Waals surface area contributed by atoms with Gasteiger partial charge in [0, 0.05) is 17.5 Å². The van der Waals surface area contributed by atoms with E-state index in [1.165, 1.54) is 12.1 Å². The maximum Gasteiger partial charge on any atom is 0.341 e. The van der Waals surface area contributed by atoms with E-state index >= 15 is 0 Å². The van der Waals surface area contributed by atoms with Crippen molar-refractivity contribution in [2.45, 2.75) is 13.8 Å². The second-order valence-corrected chi connectivity index (χ2v) is 4.25. The first-order valence-electron chi connectivity index (χ1n) is 5.49. The minimum Gasteiger partial charge on any atom is -0.506 e. The van der Waals surface area contributed by atoms with E-state index in [0.29, 0.717) is 11.4 Å². The first-order valence-corrected chi connectivity index (χ1v) is 5.49. The summed E-state index contributed by atoms with van der Waals surface area (Å²) in [6.45, 7) is 3.79. The average Bonchev–Trinajstić information content (AvgIpc) is 2.59. The van der Waals surface area contributed by atoms with Crippen LogP contribution in [0.1, 0.15) is 21.7 Å². The molecule has 5 heteroatoms. The SMILES string of the molecule is Cc1ccc(C)n1-c1cc(C(=O)O)c([NH3+])cc1O. The topological polar surface area (TPSA) is 90.1 Å². The highest BCUT2D eigenvalue weighted by atomic mass is 16.4. The number of aryl methyl sites for hydroxylation is 2. The summed E-state index contributed by atoms with van der Waals surface area (Å²) in [6, 6.07) is 6.64. The van der Waals surface area contributed by atoms with Crippen LogP contribution in [-0.2, 0) is 0 Å². The fraction of sp³-hybridized carbons (Fsp3) is 0.154. The summed E-state index contributed by atoms with van der Waals surface area (Å²) in [5.74, 6) is -1.03. The van der Waals surface area contributed by atoms with Crippen LogP contribution in [0.25, 0.3) is 5.69 Å². The Hall–Kier alpha value is -2.27. The number of benzene rings is 1. The Morgan fingerprint density at radius 1 is 1.22 bits per heavy atom. The van der Waals surface area contributed by atoms with Gasteiger partial charge in [0.15, 0.2) is 0 Å². The number of aromatic carboxylic acids is 1. The third kappa shape index (κ3) is 1.84. The molecule has 0 radical (unpaired) electrons. The van der Waals surface area contributed by atoms with Gasteiger partial charge >= 0.3 is 5.97 Å². The van der Waals surface area contributed by atoms with Crippen molar-refractivity contribution in [3.63, 3.8) is 0 Å². The van der Waals surface area contributed by atoms with E-state index in [0.717, 1.165) is 11.4 Å². The molecule has 18 heavy (non-hydrogen) atoms. The minimum atomic E-state index is -1.05. The third-order valence-corrected chi connectivity index (χ3v) is 2.94. The lowest BCUT2D eigenvalue weighted by molar-refractivity contribution is -0.255. The Morgan fingerprint density at radius 3 is 2.28 bits per heavy atom. The van der Waals surface area contributed by atoms with Gasteiger partial charge in [-0.15, -0.1) is 0 Å². The van der Waals surface area contributed by atoms with E-state index in [1.807, 2.05) is 26.0 Å². The fourth-order valence-electron chi connectivity index (χ4n) is 2.05. The summed E-state index contributed by atoms with van der Waals surface area (Å²) in [4.78, 5) is 11.1. The molecule has 0 aliphatic rings. The molecule has 2 rings (SSSR count). The number of phenols is 1. The van der Waals surface area contributed by atoms with Crippen LogP contribution in [0.2, 0.25) is 0 Å². The Kier molecular flexibility index (Phi) is 2.84. The summed E-state index contributed by atoms with van der Waals surface area (Å²) in [5.41, 5.74) is 6.32. The molecule has 0 bridgehead atoms. The number of aromatic hydroxyl groups is 1. The molecule has 1 aromatic heterocycles. The van der Waals surface area contributed by atoms with Gasteiger partial charge in [-0.25, -0.2) is 4.79 Å². The smallest absolute Gasteiger partial charge is 0.341 e. The zero-order valence-electron chi connectivity index (χ0n) is 10.3. The van der Waals surface area contributed by atoms with Gasteiger partial charge in [-0.2, -0.15) is 0 Å². The second kappa shape index (κ2) is 4.19. The lowest BCUT2D eigenvalue weighted by Gasteiger charge is -2.12. The van der Waals surface area contributed by atoms with Crippen LogP contribution < -0.4 is 5.73 Å². The predicted molar refractivity (Wildman–Crippen MR) is 66.4 cm³/mol. The third-order valence-electron chi connectivity index (χ3n) is 2.94. The molecule has 2 aromatic rings. The zero-order valence-corrected chi connectivity index (χ0v) is 10.3. The van der Waals surface area contributed by atoms with Gasteiger partial charge in [0.2, 0.25) is 0 Å². The molecule has 0 spiro atoms. The maximum absolute atomic E-state index is 11.1. The summed E-state index contributed by atoms with van der Waals surface area (Å²) >= 11 is 0. The number of phenolic OH excluding ortho intramolecular Hbond substituents is 1. The van der Waals surface area contributed by atoms with Gasteiger partial charge in [-0.05, 0) is 32.0 Å². The normalized spacial score (nSPS) is 10.6. The number of carbonyl (C=O) groups is 1. The van der Waals surface area contributed by atoms with Gasteiger partial charge < -0.3 is 20.5 Å². The highest BCUT2D eigenvalue weighted by Gasteiger charge is 2.17. The van der Waals surface area contributed by atoms with E-state index in [1.54, 1.807) is 4.57 Å². The quantitative estimate of drug-likeness (QED) is 0.748. The van der Waals surface area contributed by atoms with Gasteiger partial charge in [0.05, 0.1) is 5.69 Å². The lowest BCUT2D eigenvalue weighted by Crippen LogP contribution is -2.42. The first kappa shape index (κ1) is 12.2. The summed E-state index contributed by atoms with van der Waals surface area (Å²) in [5, 5.41) is 19.1. The molecular formula is C13H15N2O3+. The number of aromatic nitrogens is 1. The molecule has 0 fully saturated rings. The van der Waals surface area contributed by atoms with Crippen molar-refractivity contribution in [1.82, 2.24) is 4.57 Å². The highest BCUT2D eigenvalue weighted by molar-refractivity contribution is 5.93. The first-order chi connectivity index (χ1) is 8.41. The molecule has 0 atom stereocenters. The standard InChI is InChI=1S/C13H14N2O3/c1-7-3-4-8(2)15(7)11-5-9(13(17)18)10(14)6-12(11)16/h3-6,16H,14H2,1-2H3,(H,17,18)/p+1. The summed E-state index contributed by atoms with van der Waals surface area (Å²) in [6.07, 6.45) is 0. The summed E-state index contributed by atoms with van der Waals surface area (Å²) in [7, 11) is 0. The number of nitrogens with zero attached hydrogens (tertiary/aromatic N) is 1. The van der Waals surface area contributed by atoms with Crippen LogP contribution in [0, 0.1) is 13.8 Å². The Bertz CT molecular complexity index is 610. The van der Waals surface area contributed by atoms with Gasteiger partial charge in [-0.1, -0.05) is 0 Å². The molecule has 1 heterocycles. The van der Waals surface area contributed by atoms with Crippen LogP contribution in [0.15, 0.2) is 24.3 Å². The Balaban J connectivity index is 2.72. The van der Waals surface area contributed by atoms with E-state index < -0.39 is 5.97 Å². The predicted octanol–water partition coefficient (Wildman–Crippen LogP) is 1.37. The molecule has 1 aromatic carbocycles. The molecule has 0 saturated carbocycles. The van der Waals surface area contributed by atoms with Crippen molar-refractivity contribution >= 4 is 11.7 Å². The molecule has 94 valence electrons. The molecule has 0 aliphatic carbocycles. The van der Waals surface area contributed by atoms with Gasteiger partial charge in [0.25, 0.3) is 0 Å². The van der Waals surface area contributed by atoms with Crippen molar-refractivity contribution < 1.29 is 20.7 Å². The zero-order chi connectivity index (χ0) is 13.4. The Morgan fingerprint density at radius 2 is 1.78 bits per heavy atom. The van der Waals surface area contributed by atoms with Crippen LogP contribution in [-0.4, -0.2) is 20.7 Å². The molecule has 0 aliphatic heterocycles. The molecular weight excluding hydrogens is 232 g/mol. The van der Waals surface area contributed by atoms with Crippen LogP contribution in [0.4, 0.5) is 5.69 Å². The van der Waals surface area contributed by atoms with E-state index in [9.17, 15) is 9.90 Å². The second-order valence-electron chi connectivity index (χ2n) is 4.25. The number of hydrogen-bond donors (Lipinski definition) is 3. The van der Waals surface area contributed by atoms with Crippen molar-refractivity contribution in [3.05, 3.63) is 41.2 Å². The maximum atomic E-state index is 11.1. The number of carboxylic acids is 1.